The zero-order valence-corrected chi connectivity index (χ0v) is 11.0. The molecule has 3 rings (SSSR count). The first-order valence-electron chi connectivity index (χ1n) is 5.70. The Kier molecular flexibility index (Phi) is 3.09. The van der Waals surface area contributed by atoms with Crippen LogP contribution in [0.5, 0.6) is 0 Å². The Hall–Kier alpha value is -2.45. The van der Waals surface area contributed by atoms with E-state index in [2.05, 4.69) is 4.98 Å². The fraction of sp³-hybridized carbons (Fsp3) is 0.0833. The first-order chi connectivity index (χ1) is 9.69. The lowest BCUT2D eigenvalue weighted by molar-refractivity contribution is 0.0953. The summed E-state index contributed by atoms with van der Waals surface area (Å²) in [5, 5.41) is 2.39. The lowest BCUT2D eigenvalue weighted by Crippen LogP contribution is -2.29. The quantitative estimate of drug-likeness (QED) is 0.420. The maximum Gasteiger partial charge on any atom is 0.268 e. The van der Waals surface area contributed by atoms with Crippen molar-refractivity contribution in [3.8, 4) is 0 Å². The van der Waals surface area contributed by atoms with Crippen LogP contribution in [0.15, 0.2) is 39.3 Å². The predicted octanol–water partition coefficient (Wildman–Crippen LogP) is 0.703. The summed E-state index contributed by atoms with van der Waals surface area (Å²) in [6.45, 7) is 0.204. The lowest BCUT2D eigenvalue weighted by atomic mass is 10.3. The maximum atomic E-state index is 12.2. The number of nitrogens with zero attached hydrogens (tertiary/aromatic N) is 2. The van der Waals surface area contributed by atoms with Crippen LogP contribution in [0.3, 0.4) is 0 Å². The number of nitrogen functional groups attached to an aromatic ring is 1. The molecular formula is C12H10N4O3S. The summed E-state index contributed by atoms with van der Waals surface area (Å²) in [6.07, 6.45) is 2.76. The molecule has 0 aliphatic carbocycles. The van der Waals surface area contributed by atoms with Crippen LogP contribution in [0, 0.1) is 0 Å². The highest BCUT2D eigenvalue weighted by molar-refractivity contribution is 7.16. The molecule has 3 aromatic rings. The van der Waals surface area contributed by atoms with Crippen molar-refractivity contribution in [3.05, 3.63) is 51.8 Å². The summed E-state index contributed by atoms with van der Waals surface area (Å²) in [7, 11) is 0. The minimum absolute atomic E-state index is 0.141. The molecule has 3 N–H and O–H groups in total. The van der Waals surface area contributed by atoms with E-state index in [1.165, 1.54) is 34.6 Å². The number of furan rings is 1. The van der Waals surface area contributed by atoms with Crippen LogP contribution < -0.4 is 16.8 Å². The van der Waals surface area contributed by atoms with Gasteiger partial charge in [-0.25, -0.2) is 10.8 Å². The molecule has 20 heavy (non-hydrogen) atoms. The zero-order valence-electron chi connectivity index (χ0n) is 10.2. The van der Waals surface area contributed by atoms with Gasteiger partial charge in [-0.3, -0.25) is 19.6 Å². The molecule has 1 amide bonds. The van der Waals surface area contributed by atoms with Crippen molar-refractivity contribution in [2.24, 2.45) is 5.84 Å². The molecule has 8 heteroatoms. The molecule has 0 atom stereocenters. The van der Waals surface area contributed by atoms with Gasteiger partial charge in [0, 0.05) is 0 Å². The molecule has 7 nitrogen and oxygen atoms in total. The van der Waals surface area contributed by atoms with Gasteiger partial charge in [-0.2, -0.15) is 0 Å². The molecule has 0 unspecified atom stereocenters. The smallest absolute Gasteiger partial charge is 0.268 e. The molecule has 0 aromatic carbocycles. The molecule has 0 saturated carbocycles. The number of hydrazine groups is 1. The molecule has 0 radical (unpaired) electrons. The van der Waals surface area contributed by atoms with Gasteiger partial charge in [0.2, 0.25) is 0 Å². The standard InChI is InChI=1S/C12H10N4O3S/c13-15-10(17)7-3-8(19-5-7)4-16-6-14-11-9(12(16)18)1-2-20-11/h1-3,5-6H,4,13H2,(H,15,17). The number of nitrogens with one attached hydrogen (secondary N) is 1. The highest BCUT2D eigenvalue weighted by atomic mass is 32.1. The van der Waals surface area contributed by atoms with Crippen LogP contribution in [0.4, 0.5) is 0 Å². The van der Waals surface area contributed by atoms with Gasteiger partial charge in [-0.15, -0.1) is 11.3 Å². The van der Waals surface area contributed by atoms with Crippen LogP contribution in [0.1, 0.15) is 16.1 Å². The number of aromatic nitrogens is 2. The van der Waals surface area contributed by atoms with Gasteiger partial charge < -0.3 is 4.42 Å². The fourth-order valence-corrected chi connectivity index (χ4v) is 2.56. The van der Waals surface area contributed by atoms with E-state index in [0.717, 1.165) is 0 Å². The summed E-state index contributed by atoms with van der Waals surface area (Å²) < 4.78 is 6.67. The van der Waals surface area contributed by atoms with Crippen LogP contribution >= 0.6 is 11.3 Å². The zero-order chi connectivity index (χ0) is 14.1. The average Bonchev–Trinajstić information content (AvgIpc) is 3.10. The molecule has 0 bridgehead atoms. The van der Waals surface area contributed by atoms with Crippen LogP contribution in [0.25, 0.3) is 10.2 Å². The Bertz CT molecular complexity index is 832. The number of rotatable bonds is 3. The second-order valence-electron chi connectivity index (χ2n) is 4.09. The Balaban J connectivity index is 1.93. The van der Waals surface area contributed by atoms with E-state index in [-0.39, 0.29) is 12.1 Å². The molecule has 3 heterocycles. The summed E-state index contributed by atoms with van der Waals surface area (Å²) in [4.78, 5) is 28.4. The molecule has 0 fully saturated rings. The number of carbonyl (C=O) groups excluding carboxylic acids is 1. The summed E-state index contributed by atoms with van der Waals surface area (Å²) in [5.74, 6) is 5.06. The predicted molar refractivity (Wildman–Crippen MR) is 73.3 cm³/mol. The van der Waals surface area contributed by atoms with E-state index >= 15 is 0 Å². The highest BCUT2D eigenvalue weighted by Gasteiger charge is 2.11. The number of thiophene rings is 1. The van der Waals surface area contributed by atoms with Crippen molar-refractivity contribution < 1.29 is 9.21 Å². The number of amides is 1. The van der Waals surface area contributed by atoms with Crippen molar-refractivity contribution in [3.63, 3.8) is 0 Å². The van der Waals surface area contributed by atoms with Crippen molar-refractivity contribution in [2.45, 2.75) is 6.54 Å². The van der Waals surface area contributed by atoms with Gasteiger partial charge in [0.15, 0.2) is 0 Å². The second kappa shape index (κ2) is 4.91. The largest absolute Gasteiger partial charge is 0.467 e. The molecule has 0 spiro atoms. The normalized spacial score (nSPS) is 10.8. The Labute approximate surface area is 116 Å². The number of fused-ring (bicyclic) bond motifs is 1. The average molecular weight is 290 g/mol. The van der Waals surface area contributed by atoms with Crippen LogP contribution in [-0.2, 0) is 6.54 Å². The maximum absolute atomic E-state index is 12.2. The van der Waals surface area contributed by atoms with Crippen LogP contribution in [0.2, 0.25) is 0 Å². The first kappa shape index (κ1) is 12.6. The summed E-state index contributed by atoms with van der Waals surface area (Å²) in [6, 6.07) is 3.27. The number of hydrogen-bond donors (Lipinski definition) is 2. The van der Waals surface area contributed by atoms with Gasteiger partial charge in [-0.05, 0) is 17.5 Å². The second-order valence-corrected chi connectivity index (χ2v) is 4.99. The third kappa shape index (κ3) is 2.10. The fourth-order valence-electron chi connectivity index (χ4n) is 1.84. The molecule has 0 aliphatic rings. The topological polar surface area (TPSA) is 103 Å². The number of nitrogens with two attached hydrogens (primary N) is 1. The highest BCUT2D eigenvalue weighted by Crippen LogP contribution is 2.14. The third-order valence-electron chi connectivity index (χ3n) is 2.82. The van der Waals surface area contributed by atoms with E-state index in [1.807, 2.05) is 10.8 Å². The SMILES string of the molecule is NNC(=O)c1coc(Cn2cnc3sccc3c2=O)c1. The Morgan fingerprint density at radius 2 is 2.40 bits per heavy atom. The summed E-state index contributed by atoms with van der Waals surface area (Å²) >= 11 is 1.41. The van der Waals surface area contributed by atoms with E-state index in [1.54, 1.807) is 6.07 Å². The van der Waals surface area contributed by atoms with Gasteiger partial charge >= 0.3 is 0 Å². The van der Waals surface area contributed by atoms with Crippen molar-refractivity contribution in [2.75, 3.05) is 0 Å². The van der Waals surface area contributed by atoms with Crippen molar-refractivity contribution in [1.29, 1.82) is 0 Å². The van der Waals surface area contributed by atoms with Gasteiger partial charge in [0.1, 0.15) is 16.9 Å². The Morgan fingerprint density at radius 3 is 3.20 bits per heavy atom. The number of hydrogen-bond acceptors (Lipinski definition) is 6. The minimum atomic E-state index is -0.446. The molecule has 0 saturated heterocycles. The van der Waals surface area contributed by atoms with Crippen LogP contribution in [-0.4, -0.2) is 15.5 Å². The first-order valence-corrected chi connectivity index (χ1v) is 6.58. The summed E-state index contributed by atoms with van der Waals surface area (Å²) in [5.41, 5.74) is 2.18. The third-order valence-corrected chi connectivity index (χ3v) is 3.64. The molecular weight excluding hydrogens is 280 g/mol. The van der Waals surface area contributed by atoms with E-state index in [0.29, 0.717) is 21.5 Å². The van der Waals surface area contributed by atoms with Crippen molar-refractivity contribution in [1.82, 2.24) is 15.0 Å². The number of carbonyl (C=O) groups is 1. The van der Waals surface area contributed by atoms with Gasteiger partial charge in [0.25, 0.3) is 11.5 Å². The molecule has 102 valence electrons. The monoisotopic (exact) mass is 290 g/mol. The Morgan fingerprint density at radius 1 is 1.55 bits per heavy atom. The van der Waals surface area contributed by atoms with E-state index < -0.39 is 5.91 Å². The van der Waals surface area contributed by atoms with Gasteiger partial charge in [-0.1, -0.05) is 0 Å². The van der Waals surface area contributed by atoms with Gasteiger partial charge in [0.05, 0.1) is 23.8 Å². The van der Waals surface area contributed by atoms with E-state index in [9.17, 15) is 9.59 Å². The van der Waals surface area contributed by atoms with Crippen molar-refractivity contribution >= 4 is 27.5 Å². The molecule has 3 aromatic heterocycles. The minimum Gasteiger partial charge on any atom is -0.467 e. The molecule has 0 aliphatic heterocycles. The lowest BCUT2D eigenvalue weighted by Gasteiger charge is -2.01. The van der Waals surface area contributed by atoms with E-state index in [4.69, 9.17) is 10.3 Å².